The fourth-order valence-corrected chi connectivity index (χ4v) is 1.98. The fourth-order valence-electron chi connectivity index (χ4n) is 1.98. The predicted octanol–water partition coefficient (Wildman–Crippen LogP) is 1.28. The highest BCUT2D eigenvalue weighted by Crippen LogP contribution is 2.26. The van der Waals surface area contributed by atoms with Crippen LogP contribution in [0.5, 0.6) is 5.88 Å². The van der Waals surface area contributed by atoms with Crippen LogP contribution in [0.25, 0.3) is 16.9 Å². The molecule has 0 atom stereocenters. The van der Waals surface area contributed by atoms with Crippen LogP contribution in [0, 0.1) is 11.3 Å². The van der Waals surface area contributed by atoms with E-state index in [1.807, 2.05) is 0 Å². The molecule has 98 valence electrons. The smallest absolute Gasteiger partial charge is 0.245 e. The molecule has 7 heteroatoms. The average molecular weight is 266 g/mol. The zero-order chi connectivity index (χ0) is 14.1. The minimum atomic E-state index is 0.281. The predicted molar refractivity (Wildman–Crippen MR) is 72.3 cm³/mol. The maximum atomic E-state index is 8.82. The number of anilines is 1. The second-order valence-electron chi connectivity index (χ2n) is 4.02. The number of fused-ring (bicyclic) bond motifs is 1. The summed E-state index contributed by atoms with van der Waals surface area (Å²) in [5.41, 5.74) is 8.34. The van der Waals surface area contributed by atoms with Gasteiger partial charge in [-0.05, 0) is 24.3 Å². The zero-order valence-corrected chi connectivity index (χ0v) is 10.6. The van der Waals surface area contributed by atoms with Gasteiger partial charge in [0.25, 0.3) is 0 Å². The van der Waals surface area contributed by atoms with Crippen LogP contribution in [0.1, 0.15) is 5.56 Å². The number of aromatic nitrogens is 4. The quantitative estimate of drug-likeness (QED) is 0.749. The van der Waals surface area contributed by atoms with E-state index in [0.29, 0.717) is 22.6 Å². The van der Waals surface area contributed by atoms with Gasteiger partial charge in [0.15, 0.2) is 11.2 Å². The molecule has 0 amide bonds. The third kappa shape index (κ3) is 1.71. The van der Waals surface area contributed by atoms with Crippen molar-refractivity contribution in [3.63, 3.8) is 0 Å². The second-order valence-corrected chi connectivity index (χ2v) is 4.02. The van der Waals surface area contributed by atoms with Gasteiger partial charge in [-0.3, -0.25) is 4.57 Å². The first kappa shape index (κ1) is 11.9. The highest BCUT2D eigenvalue weighted by molar-refractivity contribution is 5.81. The van der Waals surface area contributed by atoms with Crippen molar-refractivity contribution in [3.05, 3.63) is 36.2 Å². The van der Waals surface area contributed by atoms with Gasteiger partial charge in [-0.25, -0.2) is 9.97 Å². The van der Waals surface area contributed by atoms with E-state index in [2.05, 4.69) is 21.0 Å². The van der Waals surface area contributed by atoms with Gasteiger partial charge in [0, 0.05) is 0 Å². The molecule has 0 spiro atoms. The Balaban J connectivity index is 2.25. The standard InChI is InChI=1S/C13H10N6O/c1-20-12-10-11(16-7-17-12)19(13(15)18-10)9-4-2-8(6-14)3-5-9/h2-5,7H,1H3,(H2,15,18). The Morgan fingerprint density at radius 2 is 2.00 bits per heavy atom. The van der Waals surface area contributed by atoms with E-state index < -0.39 is 0 Å². The molecule has 2 aromatic heterocycles. The highest BCUT2D eigenvalue weighted by Gasteiger charge is 2.15. The molecular weight excluding hydrogens is 256 g/mol. The maximum Gasteiger partial charge on any atom is 0.245 e. The minimum absolute atomic E-state index is 0.281. The Morgan fingerprint density at radius 3 is 2.65 bits per heavy atom. The summed E-state index contributed by atoms with van der Waals surface area (Å²) in [6.45, 7) is 0. The molecule has 0 aliphatic heterocycles. The summed E-state index contributed by atoms with van der Waals surface area (Å²) >= 11 is 0. The number of nitrogen functional groups attached to an aromatic ring is 1. The highest BCUT2D eigenvalue weighted by atomic mass is 16.5. The van der Waals surface area contributed by atoms with Gasteiger partial charge in [0.1, 0.15) is 6.33 Å². The van der Waals surface area contributed by atoms with Gasteiger partial charge >= 0.3 is 0 Å². The molecular formula is C13H10N6O. The molecule has 20 heavy (non-hydrogen) atoms. The van der Waals surface area contributed by atoms with E-state index in [1.54, 1.807) is 28.8 Å². The summed E-state index contributed by atoms with van der Waals surface area (Å²) in [6, 6.07) is 9.05. The number of nitrogens with two attached hydrogens (primary N) is 1. The monoisotopic (exact) mass is 266 g/mol. The average Bonchev–Trinajstić information content (AvgIpc) is 2.83. The number of hydrogen-bond donors (Lipinski definition) is 1. The largest absolute Gasteiger partial charge is 0.479 e. The van der Waals surface area contributed by atoms with Crippen molar-refractivity contribution in [3.8, 4) is 17.6 Å². The topological polar surface area (TPSA) is 103 Å². The summed E-state index contributed by atoms with van der Waals surface area (Å²) in [7, 11) is 1.51. The number of ether oxygens (including phenoxy) is 1. The molecule has 0 aliphatic rings. The summed E-state index contributed by atoms with van der Waals surface area (Å²) in [5, 5.41) is 8.82. The van der Waals surface area contributed by atoms with Crippen LogP contribution < -0.4 is 10.5 Å². The Morgan fingerprint density at radius 1 is 1.25 bits per heavy atom. The van der Waals surface area contributed by atoms with Crippen molar-refractivity contribution in [1.82, 2.24) is 19.5 Å². The number of nitriles is 1. The lowest BCUT2D eigenvalue weighted by Crippen LogP contribution is -2.01. The lowest BCUT2D eigenvalue weighted by molar-refractivity contribution is 0.401. The lowest BCUT2D eigenvalue weighted by Gasteiger charge is -2.05. The van der Waals surface area contributed by atoms with Crippen LogP contribution in [0.4, 0.5) is 5.95 Å². The van der Waals surface area contributed by atoms with E-state index in [-0.39, 0.29) is 5.95 Å². The minimum Gasteiger partial charge on any atom is -0.479 e. The number of rotatable bonds is 2. The normalized spacial score (nSPS) is 10.4. The number of imidazole rings is 1. The van der Waals surface area contributed by atoms with Crippen LogP contribution in [0.2, 0.25) is 0 Å². The van der Waals surface area contributed by atoms with Gasteiger partial charge < -0.3 is 10.5 Å². The molecule has 0 saturated heterocycles. The van der Waals surface area contributed by atoms with E-state index >= 15 is 0 Å². The molecule has 0 fully saturated rings. The number of nitrogens with zero attached hydrogens (tertiary/aromatic N) is 5. The molecule has 2 N–H and O–H groups in total. The van der Waals surface area contributed by atoms with E-state index in [4.69, 9.17) is 15.7 Å². The molecule has 3 rings (SSSR count). The van der Waals surface area contributed by atoms with E-state index in [0.717, 1.165) is 5.69 Å². The molecule has 0 radical (unpaired) electrons. The van der Waals surface area contributed by atoms with E-state index in [9.17, 15) is 0 Å². The van der Waals surface area contributed by atoms with Crippen molar-refractivity contribution in [2.75, 3.05) is 12.8 Å². The first-order valence-corrected chi connectivity index (χ1v) is 5.78. The van der Waals surface area contributed by atoms with Crippen LogP contribution in [0.15, 0.2) is 30.6 Å². The third-order valence-electron chi connectivity index (χ3n) is 2.88. The third-order valence-corrected chi connectivity index (χ3v) is 2.88. The SMILES string of the molecule is COc1ncnc2c1nc(N)n2-c1ccc(C#N)cc1. The molecule has 0 unspecified atom stereocenters. The number of benzene rings is 1. The van der Waals surface area contributed by atoms with Gasteiger partial charge in [-0.1, -0.05) is 0 Å². The zero-order valence-electron chi connectivity index (χ0n) is 10.6. The number of methoxy groups -OCH3 is 1. The molecule has 7 nitrogen and oxygen atoms in total. The van der Waals surface area contributed by atoms with Crippen LogP contribution in [0.3, 0.4) is 0 Å². The Bertz CT molecular complexity index is 815. The summed E-state index contributed by atoms with van der Waals surface area (Å²) in [4.78, 5) is 12.4. The fraction of sp³-hybridized carbons (Fsp3) is 0.0769. The Hall–Kier alpha value is -3.14. The van der Waals surface area contributed by atoms with Crippen LogP contribution in [-0.4, -0.2) is 26.6 Å². The first-order chi connectivity index (χ1) is 9.74. The molecule has 1 aromatic carbocycles. The van der Waals surface area contributed by atoms with Crippen molar-refractivity contribution in [2.24, 2.45) is 0 Å². The number of hydrogen-bond acceptors (Lipinski definition) is 6. The van der Waals surface area contributed by atoms with Gasteiger partial charge in [-0.2, -0.15) is 10.2 Å². The van der Waals surface area contributed by atoms with Crippen LogP contribution >= 0.6 is 0 Å². The molecule has 2 heterocycles. The first-order valence-electron chi connectivity index (χ1n) is 5.78. The van der Waals surface area contributed by atoms with Gasteiger partial charge in [0.2, 0.25) is 11.8 Å². The molecule has 0 bridgehead atoms. The lowest BCUT2D eigenvalue weighted by atomic mass is 10.2. The Kier molecular flexibility index (Phi) is 2.69. The van der Waals surface area contributed by atoms with Crippen molar-refractivity contribution >= 4 is 17.1 Å². The van der Waals surface area contributed by atoms with E-state index in [1.165, 1.54) is 13.4 Å². The van der Waals surface area contributed by atoms with Crippen LogP contribution in [-0.2, 0) is 0 Å². The summed E-state index contributed by atoms with van der Waals surface area (Å²) in [6.07, 6.45) is 1.39. The molecule has 3 aromatic rings. The summed E-state index contributed by atoms with van der Waals surface area (Å²) < 4.78 is 6.82. The second kappa shape index (κ2) is 4.51. The maximum absolute atomic E-state index is 8.82. The van der Waals surface area contributed by atoms with Gasteiger partial charge in [-0.15, -0.1) is 0 Å². The van der Waals surface area contributed by atoms with Crippen molar-refractivity contribution < 1.29 is 4.74 Å². The molecule has 0 aliphatic carbocycles. The molecule has 0 saturated carbocycles. The van der Waals surface area contributed by atoms with Crippen molar-refractivity contribution in [2.45, 2.75) is 0 Å². The van der Waals surface area contributed by atoms with Gasteiger partial charge in [0.05, 0.1) is 24.4 Å². The summed E-state index contributed by atoms with van der Waals surface area (Å²) in [5.74, 6) is 0.651. The van der Waals surface area contributed by atoms with Crippen molar-refractivity contribution in [1.29, 1.82) is 5.26 Å². The Labute approximate surface area is 114 Å².